The standard InChI is InChI=1S/C20H25N5O3S/c1-15-9-10-19(26)25(22-15)13-12-24-11-5-4-6-16(24)14-21-20-17-7-2-3-8-18(17)29(27,28)23-20/h2-3,7-10,16H,4-6,11-14H2,1H3,(H,21,23). The van der Waals surface area contributed by atoms with Gasteiger partial charge < -0.3 is 0 Å². The molecular formula is C20H25N5O3S. The summed E-state index contributed by atoms with van der Waals surface area (Å²) >= 11 is 0. The minimum Gasteiger partial charge on any atom is -0.297 e. The van der Waals surface area contributed by atoms with Gasteiger partial charge in [-0.2, -0.15) is 5.10 Å². The third-order valence-electron chi connectivity index (χ3n) is 5.47. The zero-order valence-electron chi connectivity index (χ0n) is 16.4. The number of benzene rings is 1. The van der Waals surface area contributed by atoms with Crippen LogP contribution >= 0.6 is 0 Å². The third kappa shape index (κ3) is 4.25. The van der Waals surface area contributed by atoms with Gasteiger partial charge >= 0.3 is 0 Å². The van der Waals surface area contributed by atoms with Crippen LogP contribution in [0, 0.1) is 6.92 Å². The van der Waals surface area contributed by atoms with Crippen LogP contribution in [0.5, 0.6) is 0 Å². The van der Waals surface area contributed by atoms with Crippen LogP contribution in [0.1, 0.15) is 30.5 Å². The Labute approximate surface area is 170 Å². The maximum Gasteiger partial charge on any atom is 0.266 e. The summed E-state index contributed by atoms with van der Waals surface area (Å²) in [6.45, 7) is 4.58. The van der Waals surface area contributed by atoms with Gasteiger partial charge in [0.25, 0.3) is 15.6 Å². The number of aryl methyl sites for hydroxylation is 1. The topological polar surface area (TPSA) is 96.7 Å². The molecule has 1 fully saturated rings. The molecule has 9 heteroatoms. The third-order valence-corrected chi connectivity index (χ3v) is 6.87. The van der Waals surface area contributed by atoms with Crippen molar-refractivity contribution in [3.05, 3.63) is 58.0 Å². The fraction of sp³-hybridized carbons (Fsp3) is 0.450. The Balaban J connectivity index is 1.47. The van der Waals surface area contributed by atoms with Gasteiger partial charge in [0.15, 0.2) is 0 Å². The molecular weight excluding hydrogens is 390 g/mol. The first-order valence-corrected chi connectivity index (χ1v) is 11.4. The van der Waals surface area contributed by atoms with Crippen molar-refractivity contribution in [3.63, 3.8) is 0 Å². The van der Waals surface area contributed by atoms with Crippen LogP contribution in [0.2, 0.25) is 0 Å². The SMILES string of the molecule is Cc1ccc(=O)n(CCN2CCCCC2CN=C2NS(=O)(=O)c3ccccc32)n1. The first-order chi connectivity index (χ1) is 13.9. The summed E-state index contributed by atoms with van der Waals surface area (Å²) in [7, 11) is -3.52. The van der Waals surface area contributed by atoms with E-state index >= 15 is 0 Å². The summed E-state index contributed by atoms with van der Waals surface area (Å²) < 4.78 is 28.6. The number of amidine groups is 1. The molecule has 0 radical (unpaired) electrons. The van der Waals surface area contributed by atoms with Crippen molar-refractivity contribution in [2.45, 2.75) is 43.7 Å². The molecule has 3 heterocycles. The summed E-state index contributed by atoms with van der Waals surface area (Å²) in [5.41, 5.74) is 1.35. The lowest BCUT2D eigenvalue weighted by Crippen LogP contribution is -2.44. The summed E-state index contributed by atoms with van der Waals surface area (Å²) in [4.78, 5) is 19.2. The van der Waals surface area contributed by atoms with E-state index < -0.39 is 10.0 Å². The van der Waals surface area contributed by atoms with Crippen molar-refractivity contribution >= 4 is 15.9 Å². The molecule has 0 bridgehead atoms. The average molecular weight is 416 g/mol. The Morgan fingerprint density at radius 2 is 2.00 bits per heavy atom. The first-order valence-electron chi connectivity index (χ1n) is 9.89. The molecule has 0 spiro atoms. The largest absolute Gasteiger partial charge is 0.297 e. The van der Waals surface area contributed by atoms with E-state index in [0.29, 0.717) is 31.0 Å². The molecule has 154 valence electrons. The Hall–Kier alpha value is -2.52. The van der Waals surface area contributed by atoms with Crippen LogP contribution in [-0.2, 0) is 16.6 Å². The molecule has 2 aromatic rings. The molecule has 2 aliphatic heterocycles. The second kappa shape index (κ2) is 8.08. The molecule has 29 heavy (non-hydrogen) atoms. The quantitative estimate of drug-likeness (QED) is 0.790. The van der Waals surface area contributed by atoms with Crippen molar-refractivity contribution in [2.24, 2.45) is 4.99 Å². The van der Waals surface area contributed by atoms with E-state index in [1.807, 2.05) is 13.0 Å². The van der Waals surface area contributed by atoms with Crippen LogP contribution < -0.4 is 10.3 Å². The molecule has 1 aromatic heterocycles. The Bertz CT molecular complexity index is 1090. The number of hydrogen-bond acceptors (Lipinski definition) is 6. The van der Waals surface area contributed by atoms with Gasteiger partial charge in [0.1, 0.15) is 5.84 Å². The minimum atomic E-state index is -3.52. The number of nitrogens with zero attached hydrogens (tertiary/aromatic N) is 4. The molecule has 2 aliphatic rings. The second-order valence-corrected chi connectivity index (χ2v) is 9.16. The molecule has 4 rings (SSSR count). The van der Waals surface area contributed by atoms with Crippen molar-refractivity contribution < 1.29 is 8.42 Å². The first kappa shape index (κ1) is 19.8. The Morgan fingerprint density at radius 3 is 2.86 bits per heavy atom. The maximum atomic E-state index is 12.3. The molecule has 1 saturated heterocycles. The normalized spacial score (nSPS) is 22.4. The number of nitrogens with one attached hydrogen (secondary N) is 1. The molecule has 0 aliphatic carbocycles. The van der Waals surface area contributed by atoms with Crippen molar-refractivity contribution in [1.82, 2.24) is 19.4 Å². The highest BCUT2D eigenvalue weighted by Gasteiger charge is 2.30. The number of fused-ring (bicyclic) bond motifs is 1. The summed E-state index contributed by atoms with van der Waals surface area (Å²) in [5.74, 6) is 0.419. The highest BCUT2D eigenvalue weighted by atomic mass is 32.2. The van der Waals surface area contributed by atoms with Crippen LogP contribution in [0.4, 0.5) is 0 Å². The van der Waals surface area contributed by atoms with Gasteiger partial charge in [0.2, 0.25) is 0 Å². The van der Waals surface area contributed by atoms with E-state index in [-0.39, 0.29) is 16.5 Å². The van der Waals surface area contributed by atoms with Gasteiger partial charge in [0, 0.05) is 24.2 Å². The van der Waals surface area contributed by atoms with Gasteiger partial charge in [-0.1, -0.05) is 18.6 Å². The number of rotatable bonds is 5. The molecule has 0 amide bonds. The lowest BCUT2D eigenvalue weighted by atomic mass is 10.0. The van der Waals surface area contributed by atoms with E-state index in [0.717, 1.165) is 31.5 Å². The van der Waals surface area contributed by atoms with E-state index in [2.05, 4.69) is 19.7 Å². The van der Waals surface area contributed by atoms with Crippen molar-refractivity contribution in [1.29, 1.82) is 0 Å². The highest BCUT2D eigenvalue weighted by molar-refractivity contribution is 7.90. The van der Waals surface area contributed by atoms with E-state index in [9.17, 15) is 13.2 Å². The van der Waals surface area contributed by atoms with Gasteiger partial charge in [-0.15, -0.1) is 0 Å². The fourth-order valence-corrected chi connectivity index (χ4v) is 5.19. The van der Waals surface area contributed by atoms with Crippen LogP contribution in [0.15, 0.2) is 51.1 Å². The lowest BCUT2D eigenvalue weighted by Gasteiger charge is -2.34. The van der Waals surface area contributed by atoms with E-state index in [1.54, 1.807) is 30.3 Å². The van der Waals surface area contributed by atoms with E-state index in [1.165, 1.54) is 4.68 Å². The van der Waals surface area contributed by atoms with E-state index in [4.69, 9.17) is 0 Å². The zero-order chi connectivity index (χ0) is 20.4. The predicted molar refractivity (Wildman–Crippen MR) is 111 cm³/mol. The van der Waals surface area contributed by atoms with Gasteiger partial charge in [-0.05, 0) is 44.5 Å². The Morgan fingerprint density at radius 1 is 1.17 bits per heavy atom. The average Bonchev–Trinajstić information content (AvgIpc) is 2.98. The lowest BCUT2D eigenvalue weighted by molar-refractivity contribution is 0.145. The zero-order valence-corrected chi connectivity index (χ0v) is 17.2. The number of likely N-dealkylation sites (tertiary alicyclic amines) is 1. The number of aliphatic imine (C=N–C) groups is 1. The van der Waals surface area contributed by atoms with Crippen LogP contribution in [0.3, 0.4) is 0 Å². The van der Waals surface area contributed by atoms with Crippen LogP contribution in [-0.4, -0.2) is 54.6 Å². The summed E-state index contributed by atoms with van der Waals surface area (Å²) in [6, 6.07) is 10.4. The van der Waals surface area contributed by atoms with Crippen molar-refractivity contribution in [2.75, 3.05) is 19.6 Å². The molecule has 0 saturated carbocycles. The molecule has 1 atom stereocenters. The molecule has 1 aromatic carbocycles. The maximum absolute atomic E-state index is 12.3. The summed E-state index contributed by atoms with van der Waals surface area (Å²) in [6.07, 6.45) is 3.23. The van der Waals surface area contributed by atoms with Crippen LogP contribution in [0.25, 0.3) is 0 Å². The molecule has 1 N–H and O–H groups in total. The number of aromatic nitrogens is 2. The minimum absolute atomic E-state index is 0.0960. The number of hydrogen-bond donors (Lipinski definition) is 1. The number of sulfonamides is 1. The second-order valence-electron chi connectivity index (χ2n) is 7.51. The summed E-state index contributed by atoms with van der Waals surface area (Å²) in [5, 5.41) is 4.31. The molecule has 8 nitrogen and oxygen atoms in total. The predicted octanol–water partition coefficient (Wildman–Crippen LogP) is 1.14. The number of piperidine rings is 1. The van der Waals surface area contributed by atoms with Crippen molar-refractivity contribution in [3.8, 4) is 0 Å². The van der Waals surface area contributed by atoms with Gasteiger partial charge in [0.05, 0.1) is 23.7 Å². The Kier molecular flexibility index (Phi) is 5.51. The van der Waals surface area contributed by atoms with Gasteiger partial charge in [-0.3, -0.25) is 19.4 Å². The smallest absolute Gasteiger partial charge is 0.266 e. The van der Waals surface area contributed by atoms with Gasteiger partial charge in [-0.25, -0.2) is 13.1 Å². The highest BCUT2D eigenvalue weighted by Crippen LogP contribution is 2.23. The fourth-order valence-electron chi connectivity index (χ4n) is 3.94. The molecule has 1 unspecified atom stereocenters. The monoisotopic (exact) mass is 415 g/mol.